The number of amides is 2. The van der Waals surface area contributed by atoms with E-state index in [1.54, 1.807) is 7.11 Å². The van der Waals surface area contributed by atoms with E-state index in [-0.39, 0.29) is 11.8 Å². The molecule has 2 aliphatic rings. The van der Waals surface area contributed by atoms with Gasteiger partial charge in [0, 0.05) is 36.6 Å². The fraction of sp³-hybridized carbons (Fsp3) is 0.185. The Hall–Kier alpha value is -3.71. The summed E-state index contributed by atoms with van der Waals surface area (Å²) in [5.41, 5.74) is 3.43. The molecule has 5 rings (SSSR count). The zero-order chi connectivity index (χ0) is 23.5. The van der Waals surface area contributed by atoms with E-state index in [4.69, 9.17) is 4.74 Å². The van der Waals surface area contributed by atoms with Crippen molar-refractivity contribution >= 4 is 41.0 Å². The smallest absolute Gasteiger partial charge is 0.262 e. The molecule has 1 N–H and O–H groups in total. The van der Waals surface area contributed by atoms with E-state index in [1.807, 2.05) is 83.8 Å². The molecule has 2 aliphatic heterocycles. The van der Waals surface area contributed by atoms with Crippen molar-refractivity contribution in [2.75, 3.05) is 43.5 Å². The van der Waals surface area contributed by atoms with Gasteiger partial charge in [-0.1, -0.05) is 48.2 Å². The van der Waals surface area contributed by atoms with Crippen LogP contribution in [0, 0.1) is 0 Å². The fourth-order valence-electron chi connectivity index (χ4n) is 4.20. The van der Waals surface area contributed by atoms with Crippen LogP contribution < -0.4 is 15.0 Å². The molecule has 1 fully saturated rings. The van der Waals surface area contributed by atoms with Crippen LogP contribution in [0.15, 0.2) is 82.6 Å². The number of carbonyl (C=O) groups is 2. The lowest BCUT2D eigenvalue weighted by Crippen LogP contribution is -2.48. The third kappa shape index (κ3) is 4.52. The van der Waals surface area contributed by atoms with E-state index in [0.717, 1.165) is 40.7 Å². The highest BCUT2D eigenvalue weighted by Crippen LogP contribution is 2.38. The number of hydrogen-bond acceptors (Lipinski definition) is 5. The number of para-hydroxylation sites is 3. The first-order valence-corrected chi connectivity index (χ1v) is 12.0. The molecule has 0 atom stereocenters. The number of fused-ring (bicyclic) bond motifs is 1. The second-order valence-electron chi connectivity index (χ2n) is 8.13. The van der Waals surface area contributed by atoms with Gasteiger partial charge in [0.25, 0.3) is 11.8 Å². The Morgan fingerprint density at radius 3 is 2.41 bits per heavy atom. The van der Waals surface area contributed by atoms with Gasteiger partial charge in [-0.15, -0.1) is 0 Å². The van der Waals surface area contributed by atoms with Crippen molar-refractivity contribution in [1.82, 2.24) is 4.90 Å². The summed E-state index contributed by atoms with van der Waals surface area (Å²) in [5.74, 6) is 0.759. The summed E-state index contributed by atoms with van der Waals surface area (Å²) in [4.78, 5) is 31.3. The zero-order valence-electron chi connectivity index (χ0n) is 18.9. The van der Waals surface area contributed by atoms with Crippen molar-refractivity contribution in [3.63, 3.8) is 0 Å². The molecule has 0 aliphatic carbocycles. The Bertz CT molecular complexity index is 1250. The van der Waals surface area contributed by atoms with Gasteiger partial charge >= 0.3 is 0 Å². The van der Waals surface area contributed by atoms with Gasteiger partial charge in [0.05, 0.1) is 23.4 Å². The van der Waals surface area contributed by atoms with Gasteiger partial charge in [-0.05, 0) is 48.0 Å². The minimum absolute atomic E-state index is 0.0255. The van der Waals surface area contributed by atoms with Crippen molar-refractivity contribution in [3.05, 3.63) is 88.8 Å². The Labute approximate surface area is 203 Å². The van der Waals surface area contributed by atoms with Crippen LogP contribution in [0.2, 0.25) is 0 Å². The number of anilines is 2. The normalized spacial score (nSPS) is 16.7. The summed E-state index contributed by atoms with van der Waals surface area (Å²) in [6, 6.07) is 23.2. The number of rotatable bonds is 4. The maximum atomic E-state index is 13.1. The Morgan fingerprint density at radius 2 is 1.65 bits per heavy atom. The summed E-state index contributed by atoms with van der Waals surface area (Å²) in [6.07, 6.45) is 1.86. The standard InChI is InChI=1S/C27H25N3O3S/c1-33-23-8-4-3-7-22(23)29-14-16-30(17-15-29)27(32)20-12-10-19(11-13-20)18-25-26(31)28-21-6-2-5-9-24(21)34-25/h2-13,18H,14-17H2,1H3,(H,28,31)/b25-18+. The van der Waals surface area contributed by atoms with Crippen LogP contribution in [-0.2, 0) is 4.79 Å². The van der Waals surface area contributed by atoms with Crippen LogP contribution in [0.25, 0.3) is 6.08 Å². The molecule has 7 heteroatoms. The monoisotopic (exact) mass is 471 g/mol. The van der Waals surface area contributed by atoms with Gasteiger partial charge in [-0.2, -0.15) is 0 Å². The van der Waals surface area contributed by atoms with Gasteiger partial charge in [0.1, 0.15) is 5.75 Å². The molecule has 3 aromatic rings. The van der Waals surface area contributed by atoms with Crippen LogP contribution in [0.5, 0.6) is 5.75 Å². The molecule has 2 amide bonds. The van der Waals surface area contributed by atoms with Gasteiger partial charge < -0.3 is 19.9 Å². The quantitative estimate of drug-likeness (QED) is 0.557. The molecule has 6 nitrogen and oxygen atoms in total. The topological polar surface area (TPSA) is 61.9 Å². The summed E-state index contributed by atoms with van der Waals surface area (Å²) in [7, 11) is 1.68. The molecule has 1 saturated heterocycles. The maximum absolute atomic E-state index is 13.1. The van der Waals surface area contributed by atoms with E-state index in [0.29, 0.717) is 23.6 Å². The molecule has 34 heavy (non-hydrogen) atoms. The number of ether oxygens (including phenoxy) is 1. The van der Waals surface area contributed by atoms with Crippen LogP contribution in [0.4, 0.5) is 11.4 Å². The first kappa shape index (κ1) is 22.1. The minimum atomic E-state index is -0.114. The third-order valence-corrected chi connectivity index (χ3v) is 7.13. The molecule has 0 radical (unpaired) electrons. The summed E-state index contributed by atoms with van der Waals surface area (Å²) < 4.78 is 5.48. The molecular formula is C27H25N3O3S. The van der Waals surface area contributed by atoms with Crippen molar-refractivity contribution < 1.29 is 14.3 Å². The molecule has 2 heterocycles. The second kappa shape index (κ2) is 9.65. The van der Waals surface area contributed by atoms with Crippen molar-refractivity contribution in [3.8, 4) is 5.75 Å². The number of methoxy groups -OCH3 is 1. The van der Waals surface area contributed by atoms with Crippen LogP contribution in [0.1, 0.15) is 15.9 Å². The number of thioether (sulfide) groups is 1. The first-order valence-electron chi connectivity index (χ1n) is 11.2. The van der Waals surface area contributed by atoms with Gasteiger partial charge in [-0.25, -0.2) is 0 Å². The zero-order valence-corrected chi connectivity index (χ0v) is 19.7. The summed E-state index contributed by atoms with van der Waals surface area (Å²) in [5, 5.41) is 2.92. The lowest BCUT2D eigenvalue weighted by atomic mass is 10.1. The number of nitrogens with one attached hydrogen (secondary N) is 1. The van der Waals surface area contributed by atoms with Crippen LogP contribution >= 0.6 is 11.8 Å². The maximum Gasteiger partial charge on any atom is 0.262 e. The van der Waals surface area contributed by atoms with Gasteiger partial charge in [0.15, 0.2) is 0 Å². The van der Waals surface area contributed by atoms with E-state index in [9.17, 15) is 9.59 Å². The van der Waals surface area contributed by atoms with E-state index in [2.05, 4.69) is 10.2 Å². The minimum Gasteiger partial charge on any atom is -0.495 e. The Balaban J connectivity index is 1.23. The molecule has 0 aromatic heterocycles. The molecule has 0 spiro atoms. The lowest BCUT2D eigenvalue weighted by molar-refractivity contribution is -0.112. The van der Waals surface area contributed by atoms with E-state index in [1.165, 1.54) is 11.8 Å². The van der Waals surface area contributed by atoms with E-state index < -0.39 is 0 Å². The van der Waals surface area contributed by atoms with Crippen molar-refractivity contribution in [2.24, 2.45) is 0 Å². The molecule has 0 saturated carbocycles. The Morgan fingerprint density at radius 1 is 0.941 bits per heavy atom. The summed E-state index contributed by atoms with van der Waals surface area (Å²) >= 11 is 1.45. The predicted octanol–water partition coefficient (Wildman–Crippen LogP) is 4.74. The number of nitrogens with zero attached hydrogens (tertiary/aromatic N) is 2. The number of carbonyl (C=O) groups excluding carboxylic acids is 2. The molecule has 0 bridgehead atoms. The molecular weight excluding hydrogens is 446 g/mol. The van der Waals surface area contributed by atoms with Crippen molar-refractivity contribution in [2.45, 2.75) is 4.90 Å². The average Bonchev–Trinajstić information content (AvgIpc) is 2.89. The highest BCUT2D eigenvalue weighted by molar-refractivity contribution is 8.04. The first-order chi connectivity index (χ1) is 16.6. The Kier molecular flexibility index (Phi) is 6.27. The molecule has 0 unspecified atom stereocenters. The lowest BCUT2D eigenvalue weighted by Gasteiger charge is -2.36. The SMILES string of the molecule is COc1ccccc1N1CCN(C(=O)c2ccc(/C=C3/Sc4ccccc4NC3=O)cc2)CC1. The number of benzene rings is 3. The largest absolute Gasteiger partial charge is 0.495 e. The second-order valence-corrected chi connectivity index (χ2v) is 9.22. The number of hydrogen-bond donors (Lipinski definition) is 1. The van der Waals surface area contributed by atoms with Gasteiger partial charge in [-0.3, -0.25) is 9.59 Å². The summed E-state index contributed by atoms with van der Waals surface area (Å²) in [6.45, 7) is 2.81. The van der Waals surface area contributed by atoms with Crippen LogP contribution in [0.3, 0.4) is 0 Å². The van der Waals surface area contributed by atoms with Crippen LogP contribution in [-0.4, -0.2) is 50.0 Å². The average molecular weight is 472 g/mol. The third-order valence-electron chi connectivity index (χ3n) is 6.03. The molecule has 3 aromatic carbocycles. The van der Waals surface area contributed by atoms with E-state index >= 15 is 0 Å². The fourth-order valence-corrected chi connectivity index (χ4v) is 5.15. The highest BCUT2D eigenvalue weighted by atomic mass is 32.2. The predicted molar refractivity (Wildman–Crippen MR) is 136 cm³/mol. The molecule has 172 valence electrons. The van der Waals surface area contributed by atoms with Crippen molar-refractivity contribution in [1.29, 1.82) is 0 Å². The number of piperazine rings is 1. The van der Waals surface area contributed by atoms with Gasteiger partial charge in [0.2, 0.25) is 0 Å². The highest BCUT2D eigenvalue weighted by Gasteiger charge is 2.24.